The lowest BCUT2D eigenvalue weighted by atomic mass is 9.71. The molecule has 0 amide bonds. The molecule has 0 radical (unpaired) electrons. The number of alkyl halides is 2. The van der Waals surface area contributed by atoms with E-state index in [0.29, 0.717) is 12.8 Å². The third-order valence-corrected chi connectivity index (χ3v) is 4.38. The fraction of sp³-hybridized carbons (Fsp3) is 1.00. The molecule has 2 unspecified atom stereocenters. The average molecular weight is 247 g/mol. The van der Waals surface area contributed by atoms with Crippen LogP contribution in [0.4, 0.5) is 8.78 Å². The Balaban J connectivity index is 2.08. The van der Waals surface area contributed by atoms with Gasteiger partial charge in [0.05, 0.1) is 12.6 Å². The Bertz CT molecular complexity index is 281. The van der Waals surface area contributed by atoms with Crippen LogP contribution in [0.5, 0.6) is 0 Å². The van der Waals surface area contributed by atoms with E-state index in [1.54, 1.807) is 0 Å². The minimum absolute atomic E-state index is 0.0131. The first-order valence-electron chi connectivity index (χ1n) is 6.60. The smallest absolute Gasteiger partial charge is 0.260 e. The molecule has 1 saturated heterocycles. The summed E-state index contributed by atoms with van der Waals surface area (Å²) >= 11 is 0. The molecule has 100 valence electrons. The summed E-state index contributed by atoms with van der Waals surface area (Å²) in [7, 11) is 0. The van der Waals surface area contributed by atoms with E-state index in [4.69, 9.17) is 0 Å². The van der Waals surface area contributed by atoms with Gasteiger partial charge in [-0.3, -0.25) is 4.90 Å². The zero-order valence-electron chi connectivity index (χ0n) is 10.8. The van der Waals surface area contributed by atoms with Crippen molar-refractivity contribution >= 4 is 0 Å². The summed E-state index contributed by atoms with van der Waals surface area (Å²) < 4.78 is 26.9. The molecule has 1 saturated carbocycles. The summed E-state index contributed by atoms with van der Waals surface area (Å²) in [6, 6.07) is 0.0948. The lowest BCUT2D eigenvalue weighted by Gasteiger charge is -2.49. The van der Waals surface area contributed by atoms with Gasteiger partial charge in [0.2, 0.25) is 0 Å². The van der Waals surface area contributed by atoms with E-state index in [9.17, 15) is 13.9 Å². The molecule has 0 spiro atoms. The molecule has 1 heterocycles. The van der Waals surface area contributed by atoms with Crippen LogP contribution in [-0.4, -0.2) is 41.2 Å². The zero-order chi connectivity index (χ0) is 12.7. The molecular weight excluding hydrogens is 224 g/mol. The number of likely N-dealkylation sites (tertiary alicyclic amines) is 1. The lowest BCUT2D eigenvalue weighted by molar-refractivity contribution is -0.104. The summed E-state index contributed by atoms with van der Waals surface area (Å²) in [6.07, 6.45) is 2.62. The summed E-state index contributed by atoms with van der Waals surface area (Å²) in [5, 5.41) is 9.76. The molecule has 1 N–H and O–H groups in total. The van der Waals surface area contributed by atoms with Crippen molar-refractivity contribution in [1.29, 1.82) is 0 Å². The Kier molecular flexibility index (Phi) is 3.47. The quantitative estimate of drug-likeness (QED) is 0.770. The van der Waals surface area contributed by atoms with Crippen molar-refractivity contribution in [3.05, 3.63) is 0 Å². The van der Waals surface area contributed by atoms with Gasteiger partial charge in [-0.05, 0) is 37.6 Å². The Morgan fingerprint density at radius 1 is 1.24 bits per heavy atom. The van der Waals surface area contributed by atoms with Crippen molar-refractivity contribution < 1.29 is 13.9 Å². The largest absolute Gasteiger partial charge is 0.393 e. The zero-order valence-corrected chi connectivity index (χ0v) is 10.8. The maximum absolute atomic E-state index is 13.5. The van der Waals surface area contributed by atoms with Crippen molar-refractivity contribution in [3.63, 3.8) is 0 Å². The maximum Gasteiger partial charge on any atom is 0.260 e. The van der Waals surface area contributed by atoms with Crippen LogP contribution in [0.2, 0.25) is 0 Å². The van der Waals surface area contributed by atoms with E-state index >= 15 is 0 Å². The normalized spacial score (nSPS) is 37.9. The van der Waals surface area contributed by atoms with Crippen molar-refractivity contribution in [3.8, 4) is 0 Å². The van der Waals surface area contributed by atoms with Gasteiger partial charge in [0.1, 0.15) is 0 Å². The molecule has 1 aliphatic carbocycles. The van der Waals surface area contributed by atoms with Gasteiger partial charge in [0.25, 0.3) is 5.92 Å². The van der Waals surface area contributed by atoms with Crippen molar-refractivity contribution in [1.82, 2.24) is 4.90 Å². The minimum Gasteiger partial charge on any atom is -0.393 e. The number of piperidine rings is 1. The molecule has 2 aliphatic rings. The van der Waals surface area contributed by atoms with Crippen LogP contribution in [0.1, 0.15) is 46.0 Å². The summed E-state index contributed by atoms with van der Waals surface area (Å²) in [4.78, 5) is 1.91. The maximum atomic E-state index is 13.5. The first kappa shape index (κ1) is 13.2. The van der Waals surface area contributed by atoms with Crippen LogP contribution in [0.15, 0.2) is 0 Å². The first-order chi connectivity index (χ1) is 7.80. The monoisotopic (exact) mass is 247 g/mol. The van der Waals surface area contributed by atoms with Crippen LogP contribution >= 0.6 is 0 Å². The topological polar surface area (TPSA) is 23.5 Å². The molecule has 0 aromatic heterocycles. The average Bonchev–Trinajstić information content (AvgIpc) is 2.20. The predicted octanol–water partition coefficient (Wildman–Crippen LogP) is 2.66. The van der Waals surface area contributed by atoms with Crippen LogP contribution in [0, 0.1) is 5.41 Å². The van der Waals surface area contributed by atoms with Gasteiger partial charge in [-0.15, -0.1) is 0 Å². The fourth-order valence-corrected chi connectivity index (χ4v) is 3.31. The van der Waals surface area contributed by atoms with Gasteiger partial charge in [0, 0.05) is 12.5 Å². The third kappa shape index (κ3) is 2.97. The third-order valence-electron chi connectivity index (χ3n) is 4.38. The molecule has 2 rings (SSSR count). The number of hydrogen-bond acceptors (Lipinski definition) is 2. The Labute approximate surface area is 102 Å². The van der Waals surface area contributed by atoms with E-state index in [-0.39, 0.29) is 30.5 Å². The van der Waals surface area contributed by atoms with Gasteiger partial charge in [-0.2, -0.15) is 0 Å². The standard InChI is InChI=1S/C13H23F2NO/c1-12(2)6-4-10(17)8-11(12)16-7-3-5-13(14,15)9-16/h10-11,17H,3-9H2,1-2H3. The van der Waals surface area contributed by atoms with E-state index in [1.165, 1.54) is 0 Å². The van der Waals surface area contributed by atoms with Crippen LogP contribution in [0.25, 0.3) is 0 Å². The molecule has 17 heavy (non-hydrogen) atoms. The summed E-state index contributed by atoms with van der Waals surface area (Å²) in [5.41, 5.74) is 0.0344. The number of aliphatic hydroxyl groups is 1. The number of nitrogens with zero attached hydrogens (tertiary/aromatic N) is 1. The van der Waals surface area contributed by atoms with Crippen molar-refractivity contribution in [2.75, 3.05) is 13.1 Å². The predicted molar refractivity (Wildman–Crippen MR) is 63.2 cm³/mol. The minimum atomic E-state index is -2.54. The number of halogens is 2. The highest BCUT2D eigenvalue weighted by Crippen LogP contribution is 2.41. The molecule has 2 nitrogen and oxygen atoms in total. The van der Waals surface area contributed by atoms with E-state index in [0.717, 1.165) is 19.4 Å². The SMILES string of the molecule is CC1(C)CCC(O)CC1N1CCCC(F)(F)C1. The van der Waals surface area contributed by atoms with Crippen LogP contribution < -0.4 is 0 Å². The highest BCUT2D eigenvalue weighted by atomic mass is 19.3. The van der Waals surface area contributed by atoms with Crippen LogP contribution in [0.3, 0.4) is 0 Å². The highest BCUT2D eigenvalue weighted by molar-refractivity contribution is 4.95. The van der Waals surface area contributed by atoms with E-state index < -0.39 is 5.92 Å². The second-order valence-electron chi connectivity index (χ2n) is 6.36. The van der Waals surface area contributed by atoms with Gasteiger partial charge in [-0.1, -0.05) is 13.8 Å². The fourth-order valence-electron chi connectivity index (χ4n) is 3.31. The molecular formula is C13H23F2NO. The van der Waals surface area contributed by atoms with Gasteiger partial charge >= 0.3 is 0 Å². The molecule has 0 aromatic carbocycles. The van der Waals surface area contributed by atoms with E-state index in [2.05, 4.69) is 13.8 Å². The highest BCUT2D eigenvalue weighted by Gasteiger charge is 2.44. The molecule has 0 bridgehead atoms. The summed E-state index contributed by atoms with van der Waals surface area (Å²) in [5.74, 6) is -2.54. The van der Waals surface area contributed by atoms with Crippen LogP contribution in [-0.2, 0) is 0 Å². The number of hydrogen-bond donors (Lipinski definition) is 1. The Hall–Kier alpha value is -0.220. The van der Waals surface area contributed by atoms with Gasteiger partial charge < -0.3 is 5.11 Å². The molecule has 1 aliphatic heterocycles. The molecule has 4 heteroatoms. The molecule has 2 atom stereocenters. The Morgan fingerprint density at radius 3 is 2.59 bits per heavy atom. The number of rotatable bonds is 1. The lowest BCUT2D eigenvalue weighted by Crippen LogP contribution is -2.55. The Morgan fingerprint density at radius 2 is 1.94 bits per heavy atom. The first-order valence-corrected chi connectivity index (χ1v) is 6.60. The second-order valence-corrected chi connectivity index (χ2v) is 6.36. The second kappa shape index (κ2) is 4.47. The molecule has 0 aromatic rings. The van der Waals surface area contributed by atoms with Gasteiger partial charge in [-0.25, -0.2) is 8.78 Å². The summed E-state index contributed by atoms with van der Waals surface area (Å²) in [6.45, 7) is 4.89. The molecule has 2 fully saturated rings. The van der Waals surface area contributed by atoms with Crippen molar-refractivity contribution in [2.24, 2.45) is 5.41 Å². The number of aliphatic hydroxyl groups excluding tert-OH is 1. The van der Waals surface area contributed by atoms with Gasteiger partial charge in [0.15, 0.2) is 0 Å². The van der Waals surface area contributed by atoms with E-state index in [1.807, 2.05) is 4.90 Å². The van der Waals surface area contributed by atoms with Crippen molar-refractivity contribution in [2.45, 2.75) is 64.0 Å².